The fourth-order valence-corrected chi connectivity index (χ4v) is 1.74. The lowest BCUT2D eigenvalue weighted by Crippen LogP contribution is -2.43. The second-order valence-corrected chi connectivity index (χ2v) is 4.86. The van der Waals surface area contributed by atoms with Crippen molar-refractivity contribution in [1.82, 2.24) is 0 Å². The Morgan fingerprint density at radius 3 is 2.30 bits per heavy atom. The minimum absolute atomic E-state index is 0.0308. The average Bonchev–Trinajstić information content (AvgIpc) is 2.43. The number of hydrogen-bond donors (Lipinski definition) is 3. The molecule has 0 aliphatic rings. The molecule has 4 nitrogen and oxygen atoms in total. The number of aliphatic hydroxyl groups is 2. The standard InChI is InChI=1S/C14H25F2NO3/c15-13(16)9-7-5-3-1-2-4-6-8-12(19)14(20)11(17)10-18/h4,6,10-14,19-20H,1-3,5,7-9,17H2/b6-4+. The van der Waals surface area contributed by atoms with Crippen LogP contribution in [0.1, 0.15) is 44.9 Å². The van der Waals surface area contributed by atoms with E-state index in [2.05, 4.69) is 0 Å². The molecule has 0 heterocycles. The van der Waals surface area contributed by atoms with E-state index >= 15 is 0 Å². The molecule has 0 rings (SSSR count). The minimum atomic E-state index is -2.21. The highest BCUT2D eigenvalue weighted by atomic mass is 19.3. The molecular weight excluding hydrogens is 268 g/mol. The zero-order valence-corrected chi connectivity index (χ0v) is 11.6. The van der Waals surface area contributed by atoms with Crippen LogP contribution < -0.4 is 5.73 Å². The van der Waals surface area contributed by atoms with Crippen LogP contribution in [0, 0.1) is 0 Å². The molecule has 0 amide bonds. The van der Waals surface area contributed by atoms with Gasteiger partial charge in [-0.1, -0.05) is 25.0 Å². The third kappa shape index (κ3) is 10.00. The van der Waals surface area contributed by atoms with E-state index in [9.17, 15) is 23.8 Å². The van der Waals surface area contributed by atoms with Gasteiger partial charge in [0.15, 0.2) is 0 Å². The van der Waals surface area contributed by atoms with E-state index in [0.717, 1.165) is 25.7 Å². The van der Waals surface area contributed by atoms with Crippen molar-refractivity contribution < 1.29 is 23.8 Å². The largest absolute Gasteiger partial charge is 0.390 e. The number of carbonyl (C=O) groups is 1. The van der Waals surface area contributed by atoms with Crippen molar-refractivity contribution >= 4 is 6.29 Å². The molecule has 0 aliphatic carbocycles. The van der Waals surface area contributed by atoms with Crippen LogP contribution in [0.15, 0.2) is 12.2 Å². The quantitative estimate of drug-likeness (QED) is 0.291. The number of rotatable bonds is 12. The van der Waals surface area contributed by atoms with E-state index in [0.29, 0.717) is 12.7 Å². The highest BCUT2D eigenvalue weighted by Crippen LogP contribution is 2.10. The number of halogens is 2. The molecule has 4 N–H and O–H groups in total. The number of nitrogens with two attached hydrogens (primary N) is 1. The van der Waals surface area contributed by atoms with Crippen LogP contribution in [0.25, 0.3) is 0 Å². The molecule has 6 heteroatoms. The van der Waals surface area contributed by atoms with Gasteiger partial charge >= 0.3 is 0 Å². The van der Waals surface area contributed by atoms with Gasteiger partial charge in [-0.15, -0.1) is 0 Å². The first kappa shape index (κ1) is 19.1. The number of hydrogen-bond acceptors (Lipinski definition) is 4. The van der Waals surface area contributed by atoms with Gasteiger partial charge in [-0.25, -0.2) is 8.78 Å². The molecule has 0 bridgehead atoms. The fraction of sp³-hybridized carbons (Fsp3) is 0.786. The molecule has 0 aromatic carbocycles. The molecule has 0 aliphatic heterocycles. The van der Waals surface area contributed by atoms with Crippen molar-refractivity contribution in [2.45, 2.75) is 69.6 Å². The predicted octanol–water partition coefficient (Wildman–Crippen LogP) is 1.79. The van der Waals surface area contributed by atoms with Crippen molar-refractivity contribution in [3.8, 4) is 0 Å². The maximum Gasteiger partial charge on any atom is 0.238 e. The van der Waals surface area contributed by atoms with Crippen molar-refractivity contribution in [3.63, 3.8) is 0 Å². The smallest absolute Gasteiger partial charge is 0.238 e. The Labute approximate surface area is 118 Å². The summed E-state index contributed by atoms with van der Waals surface area (Å²) in [6, 6.07) is -1.08. The summed E-state index contributed by atoms with van der Waals surface area (Å²) in [6.45, 7) is 0. The van der Waals surface area contributed by atoms with Crippen LogP contribution in [0.3, 0.4) is 0 Å². The summed E-state index contributed by atoms with van der Waals surface area (Å²) in [5.41, 5.74) is 5.28. The van der Waals surface area contributed by atoms with Gasteiger partial charge in [0.05, 0.1) is 12.1 Å². The molecule has 0 saturated heterocycles. The van der Waals surface area contributed by atoms with Gasteiger partial charge in [-0.2, -0.15) is 0 Å². The molecule has 0 radical (unpaired) electrons. The lowest BCUT2D eigenvalue weighted by molar-refractivity contribution is -0.113. The summed E-state index contributed by atoms with van der Waals surface area (Å²) in [6.07, 6.45) is 3.64. The summed E-state index contributed by atoms with van der Waals surface area (Å²) in [5, 5.41) is 19.0. The van der Waals surface area contributed by atoms with Crippen molar-refractivity contribution in [3.05, 3.63) is 12.2 Å². The van der Waals surface area contributed by atoms with Gasteiger partial charge in [0.25, 0.3) is 0 Å². The van der Waals surface area contributed by atoms with Gasteiger partial charge < -0.3 is 20.7 Å². The van der Waals surface area contributed by atoms with Crippen LogP contribution in [0.2, 0.25) is 0 Å². The Balaban J connectivity index is 3.54. The first-order chi connectivity index (χ1) is 9.49. The molecule has 0 spiro atoms. The third-order valence-electron chi connectivity index (χ3n) is 3.03. The molecule has 118 valence electrons. The lowest BCUT2D eigenvalue weighted by Gasteiger charge is -2.18. The van der Waals surface area contributed by atoms with Crippen molar-refractivity contribution in [2.24, 2.45) is 5.73 Å². The van der Waals surface area contributed by atoms with E-state index < -0.39 is 24.7 Å². The Morgan fingerprint density at radius 1 is 1.05 bits per heavy atom. The van der Waals surface area contributed by atoms with Crippen molar-refractivity contribution in [1.29, 1.82) is 0 Å². The Hall–Kier alpha value is -0.850. The Kier molecular flexibility index (Phi) is 11.4. The lowest BCUT2D eigenvalue weighted by atomic mass is 10.0. The third-order valence-corrected chi connectivity index (χ3v) is 3.03. The summed E-state index contributed by atoms with van der Waals surface area (Å²) < 4.78 is 23.7. The number of carbonyl (C=O) groups excluding carboxylic acids is 1. The first-order valence-electron chi connectivity index (χ1n) is 6.99. The summed E-state index contributed by atoms with van der Waals surface area (Å²) in [5.74, 6) is 0. The highest BCUT2D eigenvalue weighted by Gasteiger charge is 2.21. The number of aliphatic hydroxyl groups excluding tert-OH is 2. The van der Waals surface area contributed by atoms with Crippen LogP contribution >= 0.6 is 0 Å². The molecule has 0 aromatic heterocycles. The molecule has 0 fully saturated rings. The van der Waals surface area contributed by atoms with Gasteiger partial charge in [-0.05, 0) is 25.7 Å². The molecule has 3 unspecified atom stereocenters. The normalized spacial score (nSPS) is 16.5. The van der Waals surface area contributed by atoms with Gasteiger partial charge in [0.1, 0.15) is 12.4 Å². The number of aldehydes is 1. The van der Waals surface area contributed by atoms with E-state index in [1.807, 2.05) is 6.08 Å². The predicted molar refractivity (Wildman–Crippen MR) is 73.5 cm³/mol. The number of alkyl halides is 2. The summed E-state index contributed by atoms with van der Waals surface area (Å²) >= 11 is 0. The van der Waals surface area contributed by atoms with Crippen LogP contribution in [-0.4, -0.2) is 41.2 Å². The molecule has 0 aromatic rings. The zero-order chi connectivity index (χ0) is 15.4. The van der Waals surface area contributed by atoms with E-state index in [1.54, 1.807) is 6.08 Å². The monoisotopic (exact) mass is 293 g/mol. The molecular formula is C14H25F2NO3. The van der Waals surface area contributed by atoms with Crippen LogP contribution in [0.5, 0.6) is 0 Å². The minimum Gasteiger partial charge on any atom is -0.390 e. The second-order valence-electron chi connectivity index (χ2n) is 4.86. The fourth-order valence-electron chi connectivity index (χ4n) is 1.74. The van der Waals surface area contributed by atoms with Crippen molar-refractivity contribution in [2.75, 3.05) is 0 Å². The average molecular weight is 293 g/mol. The van der Waals surface area contributed by atoms with E-state index in [4.69, 9.17) is 5.73 Å². The molecule has 0 saturated carbocycles. The van der Waals surface area contributed by atoms with Gasteiger partial charge in [-0.3, -0.25) is 0 Å². The SMILES string of the molecule is NC(C=O)C(O)C(O)C/C=C/CCCCCCC(F)F. The highest BCUT2D eigenvalue weighted by molar-refractivity contribution is 5.58. The molecule has 20 heavy (non-hydrogen) atoms. The summed E-state index contributed by atoms with van der Waals surface area (Å²) in [7, 11) is 0. The number of unbranched alkanes of at least 4 members (excludes halogenated alkanes) is 4. The topological polar surface area (TPSA) is 83.6 Å². The van der Waals surface area contributed by atoms with E-state index in [-0.39, 0.29) is 12.8 Å². The first-order valence-corrected chi connectivity index (χ1v) is 6.99. The second kappa shape index (κ2) is 11.9. The van der Waals surface area contributed by atoms with Crippen LogP contribution in [0.4, 0.5) is 8.78 Å². The number of allylic oxidation sites excluding steroid dienone is 1. The van der Waals surface area contributed by atoms with Crippen LogP contribution in [-0.2, 0) is 4.79 Å². The Bertz CT molecular complexity index is 275. The Morgan fingerprint density at radius 2 is 1.70 bits per heavy atom. The summed E-state index contributed by atoms with van der Waals surface area (Å²) in [4.78, 5) is 10.3. The molecule has 3 atom stereocenters. The van der Waals surface area contributed by atoms with E-state index in [1.165, 1.54) is 0 Å². The van der Waals surface area contributed by atoms with Gasteiger partial charge in [0.2, 0.25) is 6.43 Å². The maximum absolute atomic E-state index is 11.8. The zero-order valence-electron chi connectivity index (χ0n) is 11.6. The van der Waals surface area contributed by atoms with Gasteiger partial charge in [0, 0.05) is 6.42 Å². The maximum atomic E-state index is 11.8.